The fourth-order valence-electron chi connectivity index (χ4n) is 5.29. The van der Waals surface area contributed by atoms with Crippen molar-refractivity contribution in [3.8, 4) is 0 Å². The number of nitrogens with zero attached hydrogens (tertiary/aromatic N) is 4. The molecule has 9 heteroatoms. The molecule has 228 valence electrons. The van der Waals surface area contributed by atoms with Gasteiger partial charge >= 0.3 is 0 Å². The first-order valence-electron chi connectivity index (χ1n) is 14.9. The molecule has 1 fully saturated rings. The van der Waals surface area contributed by atoms with Gasteiger partial charge < -0.3 is 24.4 Å². The molecule has 42 heavy (non-hydrogen) atoms. The van der Waals surface area contributed by atoms with Gasteiger partial charge in [-0.25, -0.2) is 15.3 Å². The quantitative estimate of drug-likeness (QED) is 0.368. The van der Waals surface area contributed by atoms with E-state index in [9.17, 15) is 0 Å². The van der Waals surface area contributed by atoms with Crippen molar-refractivity contribution in [1.82, 2.24) is 25.1 Å². The van der Waals surface area contributed by atoms with Gasteiger partial charge in [0.15, 0.2) is 6.35 Å². The zero-order valence-electron chi connectivity index (χ0n) is 26.7. The molecule has 0 amide bonds. The van der Waals surface area contributed by atoms with Gasteiger partial charge in [0.25, 0.3) is 0 Å². The Balaban J connectivity index is 0.00000198. The van der Waals surface area contributed by atoms with Crippen LogP contribution in [0.25, 0.3) is 16.5 Å². The fraction of sp³-hybridized carbons (Fsp3) is 0.515. The molecule has 3 aromatic rings. The predicted octanol–water partition coefficient (Wildman–Crippen LogP) is 5.70. The van der Waals surface area contributed by atoms with Gasteiger partial charge in [0.05, 0.1) is 24.8 Å². The van der Waals surface area contributed by atoms with Crippen LogP contribution in [0.4, 0.5) is 11.5 Å². The molecule has 2 aliphatic rings. The monoisotopic (exact) mass is 576 g/mol. The average Bonchev–Trinajstić information content (AvgIpc) is 2.97. The molecule has 1 saturated heterocycles. The Bertz CT molecular complexity index is 1350. The summed E-state index contributed by atoms with van der Waals surface area (Å²) in [5.74, 6) is 1.58. The van der Waals surface area contributed by atoms with E-state index in [1.807, 2.05) is 25.8 Å². The first-order chi connectivity index (χ1) is 20.1. The van der Waals surface area contributed by atoms with Crippen molar-refractivity contribution >= 4 is 28.0 Å². The van der Waals surface area contributed by atoms with Crippen LogP contribution in [0.3, 0.4) is 0 Å². The summed E-state index contributed by atoms with van der Waals surface area (Å²) in [6.45, 7) is 15.9. The number of methoxy groups -OCH3 is 2. The Morgan fingerprint density at radius 2 is 1.79 bits per heavy atom. The summed E-state index contributed by atoms with van der Waals surface area (Å²) < 4.78 is 17.1. The van der Waals surface area contributed by atoms with Gasteiger partial charge in [-0.15, -0.1) is 0 Å². The lowest BCUT2D eigenvalue weighted by Gasteiger charge is -2.36. The summed E-state index contributed by atoms with van der Waals surface area (Å²) in [6, 6.07) is 14.9. The molecule has 2 unspecified atom stereocenters. The van der Waals surface area contributed by atoms with Crippen LogP contribution in [-0.2, 0) is 26.2 Å². The summed E-state index contributed by atoms with van der Waals surface area (Å²) in [5, 5.41) is 7.92. The Morgan fingerprint density at radius 1 is 1.05 bits per heavy atom. The van der Waals surface area contributed by atoms with Crippen LogP contribution in [0.15, 0.2) is 48.7 Å². The number of aromatic nitrogens is 2. The van der Waals surface area contributed by atoms with Crippen molar-refractivity contribution in [2.75, 3.05) is 46.3 Å². The zero-order chi connectivity index (χ0) is 30.4. The van der Waals surface area contributed by atoms with Gasteiger partial charge in [-0.3, -0.25) is 4.90 Å². The number of fused-ring (bicyclic) bond motifs is 1. The van der Waals surface area contributed by atoms with Crippen LogP contribution >= 0.6 is 0 Å². The maximum absolute atomic E-state index is 5.77. The maximum atomic E-state index is 5.77. The minimum atomic E-state index is -0.311. The molecule has 5 rings (SSSR count). The highest BCUT2D eigenvalue weighted by Gasteiger charge is 2.28. The van der Waals surface area contributed by atoms with Crippen molar-refractivity contribution < 1.29 is 14.2 Å². The second kappa shape index (κ2) is 13.9. The number of rotatable bonds is 7. The average molecular weight is 577 g/mol. The van der Waals surface area contributed by atoms with Gasteiger partial charge in [-0.05, 0) is 47.7 Å². The molecule has 0 aliphatic carbocycles. The number of morpholine rings is 1. The van der Waals surface area contributed by atoms with Gasteiger partial charge in [0.2, 0.25) is 0 Å². The van der Waals surface area contributed by atoms with Gasteiger partial charge in [-0.1, -0.05) is 52.8 Å². The normalized spacial score (nSPS) is 21.5. The molecular formula is C33H48N6O3. The van der Waals surface area contributed by atoms with E-state index in [0.717, 1.165) is 59.1 Å². The molecule has 0 radical (unpaired) electrons. The van der Waals surface area contributed by atoms with E-state index >= 15 is 0 Å². The molecule has 3 atom stereocenters. The lowest BCUT2D eigenvalue weighted by Crippen LogP contribution is -2.52. The molecule has 0 saturated carbocycles. The third kappa shape index (κ3) is 7.46. The Hall–Kier alpha value is -3.08. The highest BCUT2D eigenvalue weighted by Crippen LogP contribution is 2.31. The number of ether oxygens (including phenoxy) is 3. The highest BCUT2D eigenvalue weighted by atomic mass is 16.5. The van der Waals surface area contributed by atoms with Crippen molar-refractivity contribution in [3.63, 3.8) is 0 Å². The van der Waals surface area contributed by atoms with E-state index in [2.05, 4.69) is 91.9 Å². The smallest absolute Gasteiger partial charge is 0.187 e. The Labute approximate surface area is 251 Å². The molecule has 2 aromatic carbocycles. The summed E-state index contributed by atoms with van der Waals surface area (Å²) in [7, 11) is 5.35. The van der Waals surface area contributed by atoms with Gasteiger partial charge in [0, 0.05) is 57.2 Å². The number of nitrogens with one attached hydrogen (secondary N) is 2. The molecular weight excluding hydrogens is 528 g/mol. The zero-order valence-corrected chi connectivity index (χ0v) is 26.7. The van der Waals surface area contributed by atoms with Crippen LogP contribution in [0.2, 0.25) is 0 Å². The topological polar surface area (TPSA) is 84.0 Å². The lowest BCUT2D eigenvalue weighted by atomic mass is 9.87. The first kappa shape index (κ1) is 31.8. The van der Waals surface area contributed by atoms with Crippen LogP contribution in [0.1, 0.15) is 58.5 Å². The molecule has 3 heterocycles. The Morgan fingerprint density at radius 3 is 2.43 bits per heavy atom. The lowest BCUT2D eigenvalue weighted by molar-refractivity contribution is -0.0613. The molecule has 1 aromatic heterocycles. The number of hydrogen-bond acceptors (Lipinski definition) is 9. The van der Waals surface area contributed by atoms with Crippen molar-refractivity contribution in [2.24, 2.45) is 0 Å². The summed E-state index contributed by atoms with van der Waals surface area (Å²) in [5.41, 5.74) is 5.30. The van der Waals surface area contributed by atoms with E-state index in [-0.39, 0.29) is 24.1 Å². The highest BCUT2D eigenvalue weighted by molar-refractivity contribution is 5.93. The third-order valence-electron chi connectivity index (χ3n) is 7.53. The number of benzene rings is 2. The van der Waals surface area contributed by atoms with Crippen LogP contribution < -0.4 is 10.6 Å². The minimum absolute atomic E-state index is 0.0963. The second-order valence-electron chi connectivity index (χ2n) is 11.7. The second-order valence-corrected chi connectivity index (χ2v) is 11.7. The Kier molecular flexibility index (Phi) is 10.6. The SMILES string of the molecule is CC.COC1NC(OC)N(C)C=C1c1ccc2c(Nc3ccc(C(C)(C)C)cc3)nc(CN3CCO[C@@H](C)C3)nc2c1. The van der Waals surface area contributed by atoms with Crippen LogP contribution in [-0.4, -0.2) is 79.4 Å². The fourth-order valence-corrected chi connectivity index (χ4v) is 5.29. The van der Waals surface area contributed by atoms with Crippen molar-refractivity contribution in [3.05, 3.63) is 65.6 Å². The van der Waals surface area contributed by atoms with Gasteiger partial charge in [0.1, 0.15) is 17.9 Å². The molecule has 2 N–H and O–H groups in total. The van der Waals surface area contributed by atoms with Crippen molar-refractivity contribution in [1.29, 1.82) is 0 Å². The van der Waals surface area contributed by atoms with E-state index in [1.165, 1.54) is 5.56 Å². The van der Waals surface area contributed by atoms with E-state index in [0.29, 0.717) is 6.54 Å². The first-order valence-corrected chi connectivity index (χ1v) is 14.9. The third-order valence-corrected chi connectivity index (χ3v) is 7.53. The summed E-state index contributed by atoms with van der Waals surface area (Å²) in [6.07, 6.45) is 1.69. The summed E-state index contributed by atoms with van der Waals surface area (Å²) in [4.78, 5) is 14.4. The minimum Gasteiger partial charge on any atom is -0.376 e. The standard InChI is InChI=1S/C31H42N6O3.C2H6/c1-20-17-37(14-15-40-20)19-27-33-26-16-21(25-18-36(5)30(39-7)35-29(25)38-6)8-13-24(26)28(34-27)32-23-11-9-22(10-12-23)31(2,3)4;1-2/h8-13,16,18,20,29-30,35H,14-15,17,19H2,1-7H3,(H,32,33,34);1-2H3/t20-,29?,30?;/m0./s1. The van der Waals surface area contributed by atoms with E-state index in [4.69, 9.17) is 24.2 Å². The number of hydrogen-bond donors (Lipinski definition) is 2. The van der Waals surface area contributed by atoms with Gasteiger partial charge in [-0.2, -0.15) is 0 Å². The van der Waals surface area contributed by atoms with E-state index < -0.39 is 0 Å². The molecule has 9 nitrogen and oxygen atoms in total. The van der Waals surface area contributed by atoms with Crippen LogP contribution in [0.5, 0.6) is 0 Å². The maximum Gasteiger partial charge on any atom is 0.187 e. The van der Waals surface area contributed by atoms with E-state index in [1.54, 1.807) is 14.2 Å². The predicted molar refractivity (Wildman–Crippen MR) is 170 cm³/mol. The largest absolute Gasteiger partial charge is 0.376 e. The van der Waals surface area contributed by atoms with Crippen molar-refractivity contribution in [2.45, 2.75) is 72.2 Å². The molecule has 2 aliphatic heterocycles. The molecule has 0 spiro atoms. The summed E-state index contributed by atoms with van der Waals surface area (Å²) >= 11 is 0. The van der Waals surface area contributed by atoms with Crippen LogP contribution in [0, 0.1) is 0 Å². The number of anilines is 2. The molecule has 0 bridgehead atoms.